The molecule has 0 aliphatic carbocycles. The van der Waals surface area contributed by atoms with E-state index in [9.17, 15) is 14.4 Å². The van der Waals surface area contributed by atoms with Crippen LogP contribution in [0.15, 0.2) is 17.2 Å². The summed E-state index contributed by atoms with van der Waals surface area (Å²) in [5.74, 6) is 0.101. The van der Waals surface area contributed by atoms with Crippen molar-refractivity contribution in [3.63, 3.8) is 0 Å². The zero-order valence-corrected chi connectivity index (χ0v) is 17.2. The number of thiol groups is 1. The van der Waals surface area contributed by atoms with Crippen LogP contribution in [-0.2, 0) is 11.3 Å². The minimum Gasteiger partial charge on any atom is -0.486 e. The fourth-order valence-electron chi connectivity index (χ4n) is 3.48. The number of hydrogen-bond acceptors (Lipinski definition) is 5. The van der Waals surface area contributed by atoms with Gasteiger partial charge in [0.15, 0.2) is 5.69 Å². The van der Waals surface area contributed by atoms with Crippen LogP contribution < -0.4 is 10.3 Å². The number of amides is 1. The lowest BCUT2D eigenvalue weighted by Gasteiger charge is -2.33. The number of carbonyl (C=O) groups is 2. The van der Waals surface area contributed by atoms with E-state index in [1.807, 2.05) is 18.7 Å². The van der Waals surface area contributed by atoms with Crippen molar-refractivity contribution in [2.45, 2.75) is 58.5 Å². The second kappa shape index (κ2) is 8.81. The summed E-state index contributed by atoms with van der Waals surface area (Å²) in [7, 11) is 0. The highest BCUT2D eigenvalue weighted by molar-refractivity contribution is 7.97. The molecule has 28 heavy (non-hydrogen) atoms. The van der Waals surface area contributed by atoms with Crippen LogP contribution in [0.1, 0.15) is 56.4 Å². The van der Waals surface area contributed by atoms with E-state index in [-0.39, 0.29) is 35.7 Å². The van der Waals surface area contributed by atoms with Crippen molar-refractivity contribution in [3.8, 4) is 5.75 Å². The van der Waals surface area contributed by atoms with Crippen molar-refractivity contribution >= 4 is 29.4 Å². The summed E-state index contributed by atoms with van der Waals surface area (Å²) >= 11 is 3.84. The second-order valence-corrected chi connectivity index (χ2v) is 7.54. The van der Waals surface area contributed by atoms with Gasteiger partial charge in [-0.15, -0.1) is 0 Å². The molecule has 1 atom stereocenters. The number of carbonyl (C=O) groups excluding carboxylic acids is 2. The molecule has 0 saturated carbocycles. The molecule has 0 radical (unpaired) electrons. The van der Waals surface area contributed by atoms with Crippen molar-refractivity contribution < 1.29 is 14.3 Å². The van der Waals surface area contributed by atoms with Gasteiger partial charge >= 0.3 is 5.56 Å². The Morgan fingerprint density at radius 1 is 1.32 bits per heavy atom. The maximum absolute atomic E-state index is 12.8. The Hall–Kier alpha value is -2.29. The summed E-state index contributed by atoms with van der Waals surface area (Å²) in [5.41, 5.74) is -0.598. The molecule has 3 heterocycles. The third-order valence-corrected chi connectivity index (χ3v) is 5.30. The number of ether oxygens (including phenoxy) is 1. The summed E-state index contributed by atoms with van der Waals surface area (Å²) in [6, 6.07) is 0.201. The Morgan fingerprint density at radius 2 is 2.11 bits per heavy atom. The predicted molar refractivity (Wildman–Crippen MR) is 108 cm³/mol. The van der Waals surface area contributed by atoms with Gasteiger partial charge in [0.25, 0.3) is 0 Å². The molecule has 1 amide bonds. The molecule has 2 aromatic heterocycles. The van der Waals surface area contributed by atoms with Gasteiger partial charge in [-0.1, -0.05) is 26.0 Å². The molecule has 3 rings (SSSR count). The van der Waals surface area contributed by atoms with Gasteiger partial charge in [0.2, 0.25) is 22.5 Å². The number of rotatable bonds is 7. The number of aromatic nitrogens is 3. The van der Waals surface area contributed by atoms with E-state index in [0.717, 1.165) is 38.6 Å². The van der Waals surface area contributed by atoms with E-state index in [1.54, 1.807) is 10.8 Å². The molecule has 8 nitrogen and oxygen atoms in total. The summed E-state index contributed by atoms with van der Waals surface area (Å²) < 4.78 is 8.41. The standard InChI is InChI=1S/C19H26N4O4S/c1-3-4-11-27-16-15(18(26)28)20-19-21(9-10-23(19)17(16)25)12-14(24)22-8-6-5-7-13(22)2/h9-10,13H,3-8,11-12H2,1-2H3,(H,26,28). The number of fused-ring (bicyclic) bond motifs is 1. The van der Waals surface area contributed by atoms with Gasteiger partial charge in [-0.25, -0.2) is 9.38 Å². The minimum atomic E-state index is -0.644. The normalized spacial score (nSPS) is 17.1. The third-order valence-electron chi connectivity index (χ3n) is 5.08. The Kier molecular flexibility index (Phi) is 6.43. The lowest BCUT2D eigenvalue weighted by Crippen LogP contribution is -2.43. The molecular formula is C19H26N4O4S. The number of unbranched alkanes of at least 4 members (excludes halogenated alkanes) is 1. The number of nitrogens with zero attached hydrogens (tertiary/aromatic N) is 4. The fourth-order valence-corrected chi connectivity index (χ4v) is 3.63. The van der Waals surface area contributed by atoms with Crippen LogP contribution in [0, 0.1) is 0 Å². The topological polar surface area (TPSA) is 85.9 Å². The molecule has 0 spiro atoms. The SMILES string of the molecule is CCCCOc1c(C(=O)S)nc2n(CC(=O)N3CCCCC3C)ccn2c1=O. The second-order valence-electron chi connectivity index (χ2n) is 7.13. The first-order valence-corrected chi connectivity index (χ1v) is 10.2. The van der Waals surface area contributed by atoms with Gasteiger partial charge < -0.3 is 14.2 Å². The molecule has 9 heteroatoms. The molecule has 1 fully saturated rings. The van der Waals surface area contributed by atoms with Gasteiger partial charge in [0.05, 0.1) is 6.61 Å². The fraction of sp³-hybridized carbons (Fsp3) is 0.579. The summed E-state index contributed by atoms with van der Waals surface area (Å²) in [6.07, 6.45) is 7.93. The lowest BCUT2D eigenvalue weighted by atomic mass is 10.0. The van der Waals surface area contributed by atoms with E-state index < -0.39 is 10.7 Å². The third kappa shape index (κ3) is 4.09. The molecule has 1 unspecified atom stereocenters. The van der Waals surface area contributed by atoms with Crippen LogP contribution in [0.5, 0.6) is 5.75 Å². The van der Waals surface area contributed by atoms with Gasteiger partial charge in [-0.3, -0.25) is 14.4 Å². The molecule has 0 aromatic carbocycles. The van der Waals surface area contributed by atoms with Crippen LogP contribution in [0.2, 0.25) is 0 Å². The van der Waals surface area contributed by atoms with Crippen LogP contribution in [-0.4, -0.2) is 49.1 Å². The van der Waals surface area contributed by atoms with Crippen molar-refractivity contribution in [2.75, 3.05) is 13.2 Å². The van der Waals surface area contributed by atoms with Crippen LogP contribution >= 0.6 is 12.6 Å². The highest BCUT2D eigenvalue weighted by Crippen LogP contribution is 2.19. The lowest BCUT2D eigenvalue weighted by molar-refractivity contribution is -0.135. The molecule has 2 aromatic rings. The number of likely N-dealkylation sites (tertiary alicyclic amines) is 1. The first-order chi connectivity index (χ1) is 13.4. The number of piperidine rings is 1. The average Bonchev–Trinajstić information content (AvgIpc) is 3.06. The predicted octanol–water partition coefficient (Wildman–Crippen LogP) is 2.15. The highest BCUT2D eigenvalue weighted by Gasteiger charge is 2.25. The van der Waals surface area contributed by atoms with Gasteiger partial charge in [-0.2, -0.15) is 0 Å². The summed E-state index contributed by atoms with van der Waals surface area (Å²) in [4.78, 5) is 43.6. The first-order valence-electron chi connectivity index (χ1n) is 9.71. The smallest absolute Gasteiger partial charge is 0.302 e. The molecular weight excluding hydrogens is 380 g/mol. The van der Waals surface area contributed by atoms with E-state index in [2.05, 4.69) is 17.6 Å². The largest absolute Gasteiger partial charge is 0.486 e. The first kappa shape index (κ1) is 20.4. The monoisotopic (exact) mass is 406 g/mol. The molecule has 0 bridgehead atoms. The zero-order chi connectivity index (χ0) is 20.3. The highest BCUT2D eigenvalue weighted by atomic mass is 32.1. The van der Waals surface area contributed by atoms with Crippen molar-refractivity contribution in [1.82, 2.24) is 18.9 Å². The summed E-state index contributed by atoms with van der Waals surface area (Å²) in [5, 5.41) is -0.644. The number of hydrogen-bond donors (Lipinski definition) is 1. The Bertz CT molecular complexity index is 936. The summed E-state index contributed by atoms with van der Waals surface area (Å²) in [6.45, 7) is 5.17. The quantitative estimate of drug-likeness (QED) is 0.562. The van der Waals surface area contributed by atoms with Gasteiger partial charge in [0, 0.05) is 25.0 Å². The zero-order valence-electron chi connectivity index (χ0n) is 16.3. The average molecular weight is 407 g/mol. The van der Waals surface area contributed by atoms with Crippen molar-refractivity contribution in [3.05, 3.63) is 28.4 Å². The van der Waals surface area contributed by atoms with E-state index in [0.29, 0.717) is 6.61 Å². The van der Waals surface area contributed by atoms with E-state index >= 15 is 0 Å². The maximum Gasteiger partial charge on any atom is 0.302 e. The minimum absolute atomic E-state index is 0.0263. The van der Waals surface area contributed by atoms with E-state index in [1.165, 1.54) is 10.6 Å². The van der Waals surface area contributed by atoms with Gasteiger partial charge in [0.1, 0.15) is 6.54 Å². The van der Waals surface area contributed by atoms with Gasteiger partial charge in [-0.05, 0) is 32.6 Å². The maximum atomic E-state index is 12.8. The molecule has 152 valence electrons. The van der Waals surface area contributed by atoms with Crippen LogP contribution in [0.4, 0.5) is 0 Å². The molecule has 1 aliphatic rings. The molecule has 0 N–H and O–H groups in total. The Balaban J connectivity index is 1.94. The van der Waals surface area contributed by atoms with E-state index in [4.69, 9.17) is 4.74 Å². The number of imidazole rings is 1. The molecule has 1 saturated heterocycles. The van der Waals surface area contributed by atoms with Crippen LogP contribution in [0.3, 0.4) is 0 Å². The molecule has 1 aliphatic heterocycles. The Labute approximate surface area is 168 Å². The van der Waals surface area contributed by atoms with Crippen LogP contribution in [0.25, 0.3) is 5.78 Å². The Morgan fingerprint density at radius 3 is 2.79 bits per heavy atom. The van der Waals surface area contributed by atoms with Crippen molar-refractivity contribution in [2.24, 2.45) is 0 Å². The van der Waals surface area contributed by atoms with Crippen molar-refractivity contribution in [1.29, 1.82) is 0 Å².